The molecule has 3 nitrogen and oxygen atoms in total. The van der Waals surface area contributed by atoms with Crippen molar-refractivity contribution in [2.45, 2.75) is 13.5 Å². The average Bonchev–Trinajstić information content (AvgIpc) is 2.39. The lowest BCUT2D eigenvalue weighted by Gasteiger charge is -2.16. The molecule has 106 valence electrons. The number of aryl methyl sites for hydroxylation is 1. The molecule has 0 aliphatic rings. The fourth-order valence-electron chi connectivity index (χ4n) is 2.03. The lowest BCUT2D eigenvalue weighted by atomic mass is 10.1. The van der Waals surface area contributed by atoms with Crippen LogP contribution >= 0.6 is 11.6 Å². The number of anilines is 2. The van der Waals surface area contributed by atoms with Gasteiger partial charge in [0.1, 0.15) is 5.75 Å². The van der Waals surface area contributed by atoms with Gasteiger partial charge in [-0.05, 0) is 42.8 Å². The summed E-state index contributed by atoms with van der Waals surface area (Å²) in [5.74, 6) is 0.215. The number of halogens is 1. The number of benzene rings is 2. The number of phenolic OH excluding ortho intramolecular Hbond substituents is 1. The lowest BCUT2D eigenvalue weighted by molar-refractivity contribution is 0.469. The highest BCUT2D eigenvalue weighted by molar-refractivity contribution is 6.31. The molecule has 0 saturated carbocycles. The third-order valence-electron chi connectivity index (χ3n) is 3.28. The monoisotopic (exact) mass is 290 g/mol. The number of rotatable bonds is 4. The van der Waals surface area contributed by atoms with Crippen LogP contribution in [-0.2, 0) is 6.54 Å². The Bertz CT molecular complexity index is 591. The fraction of sp³-hybridized carbons (Fsp3) is 0.250. The average molecular weight is 291 g/mol. The summed E-state index contributed by atoms with van der Waals surface area (Å²) in [4.78, 5) is 2.07. The Kier molecular flexibility index (Phi) is 4.40. The Hall–Kier alpha value is -1.87. The highest BCUT2D eigenvalue weighted by Crippen LogP contribution is 2.27. The topological polar surface area (TPSA) is 35.5 Å². The summed E-state index contributed by atoms with van der Waals surface area (Å²) in [5.41, 5.74) is 4.07. The van der Waals surface area contributed by atoms with Gasteiger partial charge in [0.05, 0.1) is 0 Å². The Morgan fingerprint density at radius 1 is 1.20 bits per heavy atom. The van der Waals surface area contributed by atoms with Crippen LogP contribution in [0, 0.1) is 6.92 Å². The summed E-state index contributed by atoms with van der Waals surface area (Å²) in [6, 6.07) is 11.4. The van der Waals surface area contributed by atoms with Crippen LogP contribution in [0.4, 0.5) is 11.4 Å². The van der Waals surface area contributed by atoms with E-state index in [1.54, 1.807) is 18.2 Å². The smallest absolute Gasteiger partial charge is 0.122 e. The SMILES string of the molecule is Cc1cc(N(C)C)ccc1NCc1c(O)cccc1Cl. The number of phenols is 1. The fourth-order valence-corrected chi connectivity index (χ4v) is 2.27. The number of aromatic hydroxyl groups is 1. The second kappa shape index (κ2) is 6.06. The molecule has 0 fully saturated rings. The van der Waals surface area contributed by atoms with Crippen molar-refractivity contribution in [3.05, 3.63) is 52.5 Å². The Morgan fingerprint density at radius 2 is 1.95 bits per heavy atom. The van der Waals surface area contributed by atoms with Crippen LogP contribution in [-0.4, -0.2) is 19.2 Å². The molecule has 0 aliphatic heterocycles. The van der Waals surface area contributed by atoms with Gasteiger partial charge >= 0.3 is 0 Å². The first-order valence-corrected chi connectivity index (χ1v) is 6.85. The zero-order valence-corrected chi connectivity index (χ0v) is 12.7. The standard InChI is InChI=1S/C16H19ClN2O/c1-11-9-12(19(2)3)7-8-15(11)18-10-13-14(17)5-4-6-16(13)20/h4-9,18,20H,10H2,1-3H3. The molecule has 0 saturated heterocycles. The molecule has 0 bridgehead atoms. The minimum atomic E-state index is 0.215. The van der Waals surface area contributed by atoms with E-state index in [4.69, 9.17) is 11.6 Å². The van der Waals surface area contributed by atoms with Crippen molar-refractivity contribution in [1.29, 1.82) is 0 Å². The minimum Gasteiger partial charge on any atom is -0.508 e. The number of nitrogens with zero attached hydrogens (tertiary/aromatic N) is 1. The number of nitrogens with one attached hydrogen (secondary N) is 1. The molecule has 0 spiro atoms. The van der Waals surface area contributed by atoms with Crippen molar-refractivity contribution < 1.29 is 5.11 Å². The molecule has 0 aliphatic carbocycles. The van der Waals surface area contributed by atoms with Crippen LogP contribution in [0.15, 0.2) is 36.4 Å². The molecule has 20 heavy (non-hydrogen) atoms. The third kappa shape index (κ3) is 3.17. The van der Waals surface area contributed by atoms with Crippen LogP contribution in [0.25, 0.3) is 0 Å². The molecular weight excluding hydrogens is 272 g/mol. The van der Waals surface area contributed by atoms with Gasteiger partial charge < -0.3 is 15.3 Å². The first-order valence-electron chi connectivity index (χ1n) is 6.47. The summed E-state index contributed by atoms with van der Waals surface area (Å²) in [5, 5.41) is 13.7. The van der Waals surface area contributed by atoms with E-state index in [0.717, 1.165) is 16.9 Å². The molecule has 0 unspecified atom stereocenters. The first-order chi connectivity index (χ1) is 9.49. The van der Waals surface area contributed by atoms with Crippen molar-refractivity contribution in [3.63, 3.8) is 0 Å². The molecule has 2 aromatic rings. The largest absolute Gasteiger partial charge is 0.508 e. The predicted molar refractivity (Wildman–Crippen MR) is 85.9 cm³/mol. The van der Waals surface area contributed by atoms with Gasteiger partial charge in [0.2, 0.25) is 0 Å². The highest BCUT2D eigenvalue weighted by atomic mass is 35.5. The molecule has 0 aromatic heterocycles. The Balaban J connectivity index is 2.15. The number of hydrogen-bond acceptors (Lipinski definition) is 3. The van der Waals surface area contributed by atoms with Crippen molar-refractivity contribution in [1.82, 2.24) is 0 Å². The van der Waals surface area contributed by atoms with E-state index in [1.165, 1.54) is 0 Å². The second-order valence-corrected chi connectivity index (χ2v) is 5.39. The summed E-state index contributed by atoms with van der Waals surface area (Å²) in [6.45, 7) is 2.55. The van der Waals surface area contributed by atoms with E-state index in [-0.39, 0.29) is 5.75 Å². The van der Waals surface area contributed by atoms with Gasteiger partial charge in [-0.25, -0.2) is 0 Å². The zero-order valence-electron chi connectivity index (χ0n) is 11.9. The van der Waals surface area contributed by atoms with Gasteiger partial charge in [0.25, 0.3) is 0 Å². The maximum absolute atomic E-state index is 9.82. The van der Waals surface area contributed by atoms with Crippen molar-refractivity contribution in [3.8, 4) is 5.75 Å². The van der Waals surface area contributed by atoms with E-state index >= 15 is 0 Å². The maximum Gasteiger partial charge on any atom is 0.122 e. The summed E-state index contributed by atoms with van der Waals surface area (Å²) < 4.78 is 0. The summed E-state index contributed by atoms with van der Waals surface area (Å²) >= 11 is 6.10. The van der Waals surface area contributed by atoms with Crippen molar-refractivity contribution in [2.24, 2.45) is 0 Å². The molecule has 0 radical (unpaired) electrons. The number of hydrogen-bond donors (Lipinski definition) is 2. The van der Waals surface area contributed by atoms with Gasteiger partial charge in [-0.15, -0.1) is 0 Å². The van der Waals surface area contributed by atoms with Gasteiger partial charge in [-0.1, -0.05) is 17.7 Å². The third-order valence-corrected chi connectivity index (χ3v) is 3.63. The van der Waals surface area contributed by atoms with Crippen LogP contribution in [0.5, 0.6) is 5.75 Å². The van der Waals surface area contributed by atoms with Gasteiger partial charge in [0, 0.05) is 42.6 Å². The highest BCUT2D eigenvalue weighted by Gasteiger charge is 2.07. The first kappa shape index (κ1) is 14.5. The van der Waals surface area contributed by atoms with Crippen LogP contribution in [0.1, 0.15) is 11.1 Å². The normalized spacial score (nSPS) is 10.4. The van der Waals surface area contributed by atoms with Crippen molar-refractivity contribution >= 4 is 23.0 Å². The summed E-state index contributed by atoms with van der Waals surface area (Å²) in [7, 11) is 4.04. The Morgan fingerprint density at radius 3 is 2.55 bits per heavy atom. The molecule has 0 heterocycles. The van der Waals surface area contributed by atoms with Crippen LogP contribution in [0.2, 0.25) is 5.02 Å². The van der Waals surface area contributed by atoms with E-state index in [0.29, 0.717) is 17.1 Å². The summed E-state index contributed by atoms with van der Waals surface area (Å²) in [6.07, 6.45) is 0. The molecule has 0 amide bonds. The second-order valence-electron chi connectivity index (χ2n) is 4.98. The van der Waals surface area contributed by atoms with Crippen LogP contribution < -0.4 is 10.2 Å². The van der Waals surface area contributed by atoms with Crippen molar-refractivity contribution in [2.75, 3.05) is 24.3 Å². The molecule has 2 rings (SSSR count). The predicted octanol–water partition coefficient (Wildman–Crippen LogP) is 4.03. The Labute approximate surface area is 124 Å². The van der Waals surface area contributed by atoms with E-state index in [1.807, 2.05) is 20.2 Å². The minimum absolute atomic E-state index is 0.215. The van der Waals surface area contributed by atoms with Crippen LogP contribution in [0.3, 0.4) is 0 Å². The van der Waals surface area contributed by atoms with Gasteiger partial charge in [-0.3, -0.25) is 0 Å². The zero-order chi connectivity index (χ0) is 14.7. The molecule has 4 heteroatoms. The molecule has 0 atom stereocenters. The quantitative estimate of drug-likeness (QED) is 0.892. The molecule has 2 N–H and O–H groups in total. The lowest BCUT2D eigenvalue weighted by Crippen LogP contribution is -2.09. The van der Waals surface area contributed by atoms with Gasteiger partial charge in [0.15, 0.2) is 0 Å². The molecular formula is C16H19ClN2O. The van der Waals surface area contributed by atoms with Gasteiger partial charge in [-0.2, -0.15) is 0 Å². The van der Waals surface area contributed by atoms with E-state index in [9.17, 15) is 5.11 Å². The maximum atomic E-state index is 9.82. The molecule has 2 aromatic carbocycles. The van der Waals surface area contributed by atoms with E-state index in [2.05, 4.69) is 29.3 Å². The van der Waals surface area contributed by atoms with E-state index < -0.39 is 0 Å².